The molecule has 0 unspecified atom stereocenters. The number of nitrogens with zero attached hydrogens (tertiary/aromatic N) is 4. The maximum atomic E-state index is 9.04. The van der Waals surface area contributed by atoms with Gasteiger partial charge in [0.2, 0.25) is 0 Å². The van der Waals surface area contributed by atoms with Crippen LogP contribution in [-0.2, 0) is 0 Å². The second kappa shape index (κ2) is 6.86. The second-order valence-electron chi connectivity index (χ2n) is 5.39. The van der Waals surface area contributed by atoms with Crippen LogP contribution in [0.5, 0.6) is 0 Å². The van der Waals surface area contributed by atoms with Crippen molar-refractivity contribution in [3.63, 3.8) is 0 Å². The maximum Gasteiger partial charge on any atom is 0.103 e. The summed E-state index contributed by atoms with van der Waals surface area (Å²) in [6.07, 6.45) is 3.87. The zero-order valence-electron chi connectivity index (χ0n) is 12.4. The van der Waals surface area contributed by atoms with Crippen molar-refractivity contribution in [2.24, 2.45) is 10.2 Å². The lowest BCUT2D eigenvalue weighted by Gasteiger charge is -2.28. The first-order valence-corrected chi connectivity index (χ1v) is 7.63. The Bertz CT molecular complexity index is 692. The quantitative estimate of drug-likeness (QED) is 0.750. The highest BCUT2D eigenvalue weighted by molar-refractivity contribution is 5.55. The third-order valence-corrected chi connectivity index (χ3v) is 3.87. The SMILES string of the molecule is N#Cc1ccccc1N=Nc1ccc(N2CCCCC2)cc1. The molecule has 0 spiro atoms. The van der Waals surface area contributed by atoms with Crippen LogP contribution in [0.15, 0.2) is 58.8 Å². The Morgan fingerprint density at radius 2 is 1.59 bits per heavy atom. The summed E-state index contributed by atoms with van der Waals surface area (Å²) in [5.41, 5.74) is 3.19. The number of hydrogen-bond acceptors (Lipinski definition) is 4. The van der Waals surface area contributed by atoms with Crippen LogP contribution in [0.25, 0.3) is 0 Å². The summed E-state index contributed by atoms with van der Waals surface area (Å²) in [5.74, 6) is 0. The van der Waals surface area contributed by atoms with Crippen molar-refractivity contribution < 1.29 is 0 Å². The predicted molar refractivity (Wildman–Crippen MR) is 87.8 cm³/mol. The minimum atomic E-state index is 0.538. The predicted octanol–water partition coefficient (Wildman–Crippen LogP) is 4.96. The van der Waals surface area contributed by atoms with Crippen LogP contribution in [-0.4, -0.2) is 13.1 Å². The molecule has 0 aromatic heterocycles. The molecule has 0 bridgehead atoms. The van der Waals surface area contributed by atoms with Gasteiger partial charge in [0, 0.05) is 18.8 Å². The largest absolute Gasteiger partial charge is 0.372 e. The monoisotopic (exact) mass is 290 g/mol. The number of hydrogen-bond donors (Lipinski definition) is 0. The van der Waals surface area contributed by atoms with E-state index in [-0.39, 0.29) is 0 Å². The fraction of sp³-hybridized carbons (Fsp3) is 0.278. The van der Waals surface area contributed by atoms with E-state index in [9.17, 15) is 0 Å². The molecule has 1 aliphatic rings. The molecule has 4 heteroatoms. The molecule has 2 aromatic carbocycles. The van der Waals surface area contributed by atoms with Crippen LogP contribution in [0.1, 0.15) is 24.8 Å². The smallest absolute Gasteiger partial charge is 0.103 e. The summed E-state index contributed by atoms with van der Waals surface area (Å²) in [7, 11) is 0. The lowest BCUT2D eigenvalue weighted by molar-refractivity contribution is 0.578. The number of piperidine rings is 1. The molecule has 0 radical (unpaired) electrons. The molecule has 1 fully saturated rings. The molecule has 1 saturated heterocycles. The molecule has 0 amide bonds. The van der Waals surface area contributed by atoms with E-state index in [1.54, 1.807) is 12.1 Å². The molecule has 1 aliphatic heterocycles. The number of benzene rings is 2. The summed E-state index contributed by atoms with van der Waals surface area (Å²) < 4.78 is 0. The fourth-order valence-electron chi connectivity index (χ4n) is 2.65. The van der Waals surface area contributed by atoms with Crippen molar-refractivity contribution in [2.75, 3.05) is 18.0 Å². The van der Waals surface area contributed by atoms with E-state index < -0.39 is 0 Å². The number of rotatable bonds is 3. The van der Waals surface area contributed by atoms with Crippen molar-refractivity contribution in [2.45, 2.75) is 19.3 Å². The molecule has 22 heavy (non-hydrogen) atoms. The standard InChI is InChI=1S/C18H18N4/c19-14-15-6-2-3-7-18(15)21-20-16-8-10-17(11-9-16)22-12-4-1-5-13-22/h2-3,6-11H,1,4-5,12-13H2. The third-order valence-electron chi connectivity index (χ3n) is 3.87. The Morgan fingerprint density at radius 1 is 0.864 bits per heavy atom. The molecule has 0 saturated carbocycles. The van der Waals surface area contributed by atoms with Gasteiger partial charge >= 0.3 is 0 Å². The van der Waals surface area contributed by atoms with Crippen LogP contribution >= 0.6 is 0 Å². The van der Waals surface area contributed by atoms with Crippen molar-refractivity contribution in [3.05, 3.63) is 54.1 Å². The van der Waals surface area contributed by atoms with Crippen molar-refractivity contribution in [1.82, 2.24) is 0 Å². The van der Waals surface area contributed by atoms with Crippen molar-refractivity contribution >= 4 is 17.1 Å². The first kappa shape index (κ1) is 14.3. The average Bonchev–Trinajstić information content (AvgIpc) is 2.61. The maximum absolute atomic E-state index is 9.04. The van der Waals surface area contributed by atoms with E-state index in [0.717, 1.165) is 18.8 Å². The topological polar surface area (TPSA) is 51.8 Å². The molecule has 0 atom stereocenters. The van der Waals surface area contributed by atoms with Gasteiger partial charge in [-0.25, -0.2) is 0 Å². The Hall–Kier alpha value is -2.67. The van der Waals surface area contributed by atoms with Gasteiger partial charge in [0.05, 0.1) is 11.3 Å². The molecule has 110 valence electrons. The summed E-state index contributed by atoms with van der Waals surface area (Å²) in [5, 5.41) is 17.4. The number of azo groups is 1. The molecule has 4 nitrogen and oxygen atoms in total. The summed E-state index contributed by atoms with van der Waals surface area (Å²) >= 11 is 0. The zero-order chi connectivity index (χ0) is 15.2. The molecule has 2 aromatic rings. The first-order chi connectivity index (χ1) is 10.9. The first-order valence-electron chi connectivity index (χ1n) is 7.63. The Kier molecular flexibility index (Phi) is 4.45. The van der Waals surface area contributed by atoms with E-state index >= 15 is 0 Å². The van der Waals surface area contributed by atoms with E-state index in [4.69, 9.17) is 5.26 Å². The summed E-state index contributed by atoms with van der Waals surface area (Å²) in [4.78, 5) is 2.41. The van der Waals surface area contributed by atoms with Gasteiger partial charge in [-0.3, -0.25) is 0 Å². The van der Waals surface area contributed by atoms with Gasteiger partial charge in [-0.15, -0.1) is 5.11 Å². The van der Waals surface area contributed by atoms with E-state index in [1.165, 1.54) is 24.9 Å². The second-order valence-corrected chi connectivity index (χ2v) is 5.39. The van der Waals surface area contributed by atoms with Crippen molar-refractivity contribution in [3.8, 4) is 6.07 Å². The van der Waals surface area contributed by atoms with Crippen LogP contribution in [0.4, 0.5) is 17.1 Å². The minimum absolute atomic E-state index is 0.538. The Labute approximate surface area is 130 Å². The lowest BCUT2D eigenvalue weighted by Crippen LogP contribution is -2.29. The Morgan fingerprint density at radius 3 is 2.32 bits per heavy atom. The van der Waals surface area contributed by atoms with Crippen LogP contribution < -0.4 is 4.90 Å². The Balaban J connectivity index is 1.73. The minimum Gasteiger partial charge on any atom is -0.372 e. The van der Waals surface area contributed by atoms with Gasteiger partial charge in [0.25, 0.3) is 0 Å². The number of anilines is 1. The van der Waals surface area contributed by atoms with Crippen molar-refractivity contribution in [1.29, 1.82) is 5.26 Å². The van der Waals surface area contributed by atoms with E-state index in [0.29, 0.717) is 11.3 Å². The molecular weight excluding hydrogens is 272 g/mol. The lowest BCUT2D eigenvalue weighted by atomic mass is 10.1. The third kappa shape index (κ3) is 3.32. The number of nitriles is 1. The molecule has 0 N–H and O–H groups in total. The van der Waals surface area contributed by atoms with Gasteiger partial charge in [-0.2, -0.15) is 10.4 Å². The summed E-state index contributed by atoms with van der Waals surface area (Å²) in [6.45, 7) is 2.27. The van der Waals surface area contributed by atoms with Gasteiger partial charge in [-0.1, -0.05) is 12.1 Å². The van der Waals surface area contributed by atoms with Crippen LogP contribution in [0.2, 0.25) is 0 Å². The van der Waals surface area contributed by atoms with E-state index in [2.05, 4.69) is 33.3 Å². The normalized spacial score (nSPS) is 15.0. The van der Waals surface area contributed by atoms with Gasteiger partial charge in [0.1, 0.15) is 11.8 Å². The van der Waals surface area contributed by atoms with Gasteiger partial charge in [-0.05, 0) is 55.7 Å². The fourth-order valence-corrected chi connectivity index (χ4v) is 2.65. The highest BCUT2D eigenvalue weighted by Gasteiger charge is 2.10. The highest BCUT2D eigenvalue weighted by Crippen LogP contribution is 2.25. The van der Waals surface area contributed by atoms with Crippen LogP contribution in [0.3, 0.4) is 0 Å². The molecule has 3 rings (SSSR count). The summed E-state index contributed by atoms with van der Waals surface area (Å²) in [6, 6.07) is 17.5. The average molecular weight is 290 g/mol. The van der Waals surface area contributed by atoms with E-state index in [1.807, 2.05) is 24.3 Å². The molecular formula is C18H18N4. The zero-order valence-corrected chi connectivity index (χ0v) is 12.4. The molecule has 0 aliphatic carbocycles. The molecule has 1 heterocycles. The highest BCUT2D eigenvalue weighted by atomic mass is 15.1. The van der Waals surface area contributed by atoms with Gasteiger partial charge < -0.3 is 4.90 Å². The van der Waals surface area contributed by atoms with Crippen LogP contribution in [0, 0.1) is 11.3 Å². The van der Waals surface area contributed by atoms with Gasteiger partial charge in [0.15, 0.2) is 0 Å².